The second-order valence-corrected chi connectivity index (χ2v) is 6.81. The molecule has 132 valence electrons. The van der Waals surface area contributed by atoms with E-state index in [1.807, 2.05) is 13.8 Å². The number of benzene rings is 1. The van der Waals surface area contributed by atoms with Crippen LogP contribution in [0.3, 0.4) is 0 Å². The molecule has 1 aliphatic carbocycles. The van der Waals surface area contributed by atoms with Gasteiger partial charge in [-0.2, -0.15) is 0 Å². The van der Waals surface area contributed by atoms with Crippen LogP contribution in [0.15, 0.2) is 12.1 Å². The fourth-order valence-electron chi connectivity index (χ4n) is 3.46. The number of rotatable bonds is 5. The summed E-state index contributed by atoms with van der Waals surface area (Å²) in [6, 6.07) is 2.92. The maximum atomic E-state index is 12.6. The van der Waals surface area contributed by atoms with Crippen LogP contribution >= 0.6 is 0 Å². The highest BCUT2D eigenvalue weighted by atomic mass is 16.5. The van der Waals surface area contributed by atoms with Crippen molar-refractivity contribution in [3.8, 4) is 0 Å². The van der Waals surface area contributed by atoms with Gasteiger partial charge in [0.25, 0.3) is 5.91 Å². The highest BCUT2D eigenvalue weighted by Gasteiger charge is 2.27. The van der Waals surface area contributed by atoms with E-state index in [4.69, 9.17) is 10.5 Å². The van der Waals surface area contributed by atoms with Crippen molar-refractivity contribution in [2.75, 3.05) is 12.8 Å². The van der Waals surface area contributed by atoms with E-state index < -0.39 is 6.04 Å². The molecule has 24 heavy (non-hydrogen) atoms. The molecule has 1 unspecified atom stereocenters. The number of aryl methyl sites for hydroxylation is 2. The lowest BCUT2D eigenvalue weighted by molar-refractivity contribution is -0.143. The van der Waals surface area contributed by atoms with Crippen molar-refractivity contribution in [1.29, 1.82) is 0 Å². The summed E-state index contributed by atoms with van der Waals surface area (Å²) in [5.74, 6) is -0.164. The normalized spacial score (nSPS) is 16.5. The third kappa shape index (κ3) is 4.49. The van der Waals surface area contributed by atoms with Gasteiger partial charge in [-0.25, -0.2) is 4.79 Å². The maximum absolute atomic E-state index is 12.6. The van der Waals surface area contributed by atoms with Crippen molar-refractivity contribution in [2.45, 2.75) is 58.4 Å². The third-order valence-electron chi connectivity index (χ3n) is 4.94. The van der Waals surface area contributed by atoms with Crippen molar-refractivity contribution in [1.82, 2.24) is 5.32 Å². The predicted octanol–water partition coefficient (Wildman–Crippen LogP) is 3.13. The van der Waals surface area contributed by atoms with Gasteiger partial charge in [0.15, 0.2) is 0 Å². The molecule has 1 atom stereocenters. The van der Waals surface area contributed by atoms with Crippen LogP contribution in [0.2, 0.25) is 0 Å². The molecule has 0 bridgehead atoms. The number of carbonyl (C=O) groups is 2. The molecule has 1 fully saturated rings. The number of amides is 1. The zero-order valence-electron chi connectivity index (χ0n) is 14.9. The van der Waals surface area contributed by atoms with Gasteiger partial charge in [0, 0.05) is 11.3 Å². The van der Waals surface area contributed by atoms with E-state index in [-0.39, 0.29) is 11.9 Å². The zero-order chi connectivity index (χ0) is 17.7. The molecule has 5 nitrogen and oxygen atoms in total. The Hall–Kier alpha value is -2.04. The van der Waals surface area contributed by atoms with E-state index in [9.17, 15) is 9.59 Å². The first-order chi connectivity index (χ1) is 11.4. The van der Waals surface area contributed by atoms with Gasteiger partial charge >= 0.3 is 5.97 Å². The fourth-order valence-corrected chi connectivity index (χ4v) is 3.46. The van der Waals surface area contributed by atoms with Gasteiger partial charge in [-0.15, -0.1) is 0 Å². The number of nitrogens with one attached hydrogen (secondary N) is 1. The lowest BCUT2D eigenvalue weighted by atomic mass is 9.84. The first-order valence-corrected chi connectivity index (χ1v) is 8.67. The predicted molar refractivity (Wildman–Crippen MR) is 94.8 cm³/mol. The fraction of sp³-hybridized carbons (Fsp3) is 0.579. The Morgan fingerprint density at radius 2 is 1.79 bits per heavy atom. The number of carbonyl (C=O) groups excluding carboxylic acids is 2. The van der Waals surface area contributed by atoms with Gasteiger partial charge in [-0.1, -0.05) is 32.1 Å². The second-order valence-electron chi connectivity index (χ2n) is 6.81. The molecule has 0 radical (unpaired) electrons. The summed E-state index contributed by atoms with van der Waals surface area (Å²) in [5, 5.41) is 2.85. The Balaban J connectivity index is 2.10. The van der Waals surface area contributed by atoms with Crippen LogP contribution in [0.1, 0.15) is 60.0 Å². The van der Waals surface area contributed by atoms with E-state index in [0.717, 1.165) is 24.0 Å². The summed E-state index contributed by atoms with van der Waals surface area (Å²) in [5.41, 5.74) is 8.88. The minimum atomic E-state index is -0.594. The molecule has 0 spiro atoms. The number of esters is 1. The second kappa shape index (κ2) is 8.18. The first-order valence-electron chi connectivity index (χ1n) is 8.67. The van der Waals surface area contributed by atoms with Crippen LogP contribution in [0.5, 0.6) is 0 Å². The van der Waals surface area contributed by atoms with Crippen molar-refractivity contribution in [3.63, 3.8) is 0 Å². The summed E-state index contributed by atoms with van der Waals surface area (Å²) in [4.78, 5) is 24.7. The number of ether oxygens (including phenoxy) is 1. The number of anilines is 1. The highest BCUT2D eigenvalue weighted by Crippen LogP contribution is 2.28. The molecule has 0 aliphatic heterocycles. The maximum Gasteiger partial charge on any atom is 0.328 e. The third-order valence-corrected chi connectivity index (χ3v) is 4.94. The number of methoxy groups -OCH3 is 1. The number of nitrogens with two attached hydrogens (primary N) is 1. The smallest absolute Gasteiger partial charge is 0.328 e. The molecule has 0 heterocycles. The number of hydrogen-bond acceptors (Lipinski definition) is 4. The van der Waals surface area contributed by atoms with Crippen molar-refractivity contribution < 1.29 is 14.3 Å². The highest BCUT2D eigenvalue weighted by molar-refractivity contribution is 5.97. The first kappa shape index (κ1) is 18.3. The van der Waals surface area contributed by atoms with Crippen LogP contribution in [0.4, 0.5) is 5.69 Å². The topological polar surface area (TPSA) is 81.4 Å². The Bertz CT molecular complexity index is 584. The number of nitrogen functional groups attached to an aromatic ring is 1. The molecule has 2 rings (SSSR count). The lowest BCUT2D eigenvalue weighted by Crippen LogP contribution is -2.43. The van der Waals surface area contributed by atoms with E-state index in [2.05, 4.69) is 5.32 Å². The molecule has 0 saturated heterocycles. The average Bonchev–Trinajstić information content (AvgIpc) is 2.58. The number of hydrogen-bond donors (Lipinski definition) is 2. The van der Waals surface area contributed by atoms with Crippen LogP contribution in [0, 0.1) is 19.8 Å². The molecule has 1 amide bonds. The summed E-state index contributed by atoms with van der Waals surface area (Å²) in [7, 11) is 1.36. The minimum absolute atomic E-state index is 0.257. The molecule has 1 saturated carbocycles. The Morgan fingerprint density at radius 1 is 1.21 bits per heavy atom. The summed E-state index contributed by atoms with van der Waals surface area (Å²) in [6.07, 6.45) is 6.53. The van der Waals surface area contributed by atoms with Crippen LogP contribution in [0.25, 0.3) is 0 Å². The van der Waals surface area contributed by atoms with Crippen LogP contribution in [-0.2, 0) is 9.53 Å². The Morgan fingerprint density at radius 3 is 2.33 bits per heavy atom. The largest absolute Gasteiger partial charge is 0.467 e. The average molecular weight is 332 g/mol. The minimum Gasteiger partial charge on any atom is -0.467 e. The van der Waals surface area contributed by atoms with E-state index in [1.165, 1.54) is 26.4 Å². The van der Waals surface area contributed by atoms with Crippen molar-refractivity contribution >= 4 is 17.6 Å². The molecular formula is C19H28N2O3. The van der Waals surface area contributed by atoms with Crippen molar-refractivity contribution in [2.24, 2.45) is 5.92 Å². The van der Waals surface area contributed by atoms with Gasteiger partial charge in [0.1, 0.15) is 6.04 Å². The van der Waals surface area contributed by atoms with Gasteiger partial charge in [-0.05, 0) is 49.4 Å². The van der Waals surface area contributed by atoms with Crippen molar-refractivity contribution in [3.05, 3.63) is 28.8 Å². The van der Waals surface area contributed by atoms with E-state index in [1.54, 1.807) is 12.1 Å². The quantitative estimate of drug-likeness (QED) is 0.641. The van der Waals surface area contributed by atoms with Crippen LogP contribution < -0.4 is 11.1 Å². The van der Waals surface area contributed by atoms with Crippen LogP contribution in [-0.4, -0.2) is 25.0 Å². The summed E-state index contributed by atoms with van der Waals surface area (Å²) >= 11 is 0. The van der Waals surface area contributed by atoms with Gasteiger partial charge < -0.3 is 15.8 Å². The zero-order valence-corrected chi connectivity index (χ0v) is 14.9. The molecular weight excluding hydrogens is 304 g/mol. The van der Waals surface area contributed by atoms with Gasteiger partial charge in [0.2, 0.25) is 0 Å². The molecule has 5 heteroatoms. The SMILES string of the molecule is COC(=O)C(CC1CCCCC1)NC(=O)c1cc(C)c(N)c(C)c1. The molecule has 1 aromatic rings. The monoisotopic (exact) mass is 332 g/mol. The molecule has 1 aromatic carbocycles. The van der Waals surface area contributed by atoms with E-state index >= 15 is 0 Å². The molecule has 1 aliphatic rings. The lowest BCUT2D eigenvalue weighted by Gasteiger charge is -2.26. The molecule has 3 N–H and O–H groups in total. The standard InChI is InChI=1S/C19H28N2O3/c1-12-9-15(10-13(2)17(12)20)18(22)21-16(19(23)24-3)11-14-7-5-4-6-8-14/h9-10,14,16H,4-8,11,20H2,1-3H3,(H,21,22). The molecule has 0 aromatic heterocycles. The van der Waals surface area contributed by atoms with Gasteiger partial charge in [-0.3, -0.25) is 4.79 Å². The van der Waals surface area contributed by atoms with Gasteiger partial charge in [0.05, 0.1) is 7.11 Å². The van der Waals surface area contributed by atoms with E-state index in [0.29, 0.717) is 23.6 Å². The summed E-state index contributed by atoms with van der Waals surface area (Å²) < 4.78 is 4.88. The Kier molecular flexibility index (Phi) is 6.23. The Labute approximate surface area is 143 Å². The summed E-state index contributed by atoms with van der Waals surface area (Å²) in [6.45, 7) is 3.75.